The molecule has 2 aromatic carbocycles. The molecule has 0 saturated carbocycles. The summed E-state index contributed by atoms with van der Waals surface area (Å²) >= 11 is 1.33. The second-order valence-corrected chi connectivity index (χ2v) is 6.90. The highest BCUT2D eigenvalue weighted by Crippen LogP contribution is 2.23. The van der Waals surface area contributed by atoms with Gasteiger partial charge >= 0.3 is 0 Å². The smallest absolute Gasteiger partial charge is 0.262 e. The Morgan fingerprint density at radius 3 is 2.74 bits per heavy atom. The summed E-state index contributed by atoms with van der Waals surface area (Å²) in [5.41, 5.74) is 1.14. The summed E-state index contributed by atoms with van der Waals surface area (Å²) in [5, 5.41) is 1.12. The van der Waals surface area contributed by atoms with Crippen LogP contribution in [-0.2, 0) is 17.0 Å². The van der Waals surface area contributed by atoms with Gasteiger partial charge in [-0.1, -0.05) is 30.0 Å². The minimum Gasteiger partial charge on any atom is -0.382 e. The molecule has 0 aliphatic rings. The van der Waals surface area contributed by atoms with Gasteiger partial charge in [-0.3, -0.25) is 9.36 Å². The van der Waals surface area contributed by atoms with Gasteiger partial charge in [-0.2, -0.15) is 0 Å². The lowest BCUT2D eigenvalue weighted by Crippen LogP contribution is -2.24. The van der Waals surface area contributed by atoms with E-state index in [-0.39, 0.29) is 5.56 Å². The molecule has 3 aromatic rings. The first-order valence-electron chi connectivity index (χ1n) is 8.74. The molecule has 0 spiro atoms. The van der Waals surface area contributed by atoms with Crippen LogP contribution in [0.1, 0.15) is 18.9 Å². The molecule has 4 nitrogen and oxygen atoms in total. The number of aromatic nitrogens is 2. The van der Waals surface area contributed by atoms with Gasteiger partial charge in [-0.15, -0.1) is 0 Å². The van der Waals surface area contributed by atoms with E-state index >= 15 is 0 Å². The van der Waals surface area contributed by atoms with Crippen molar-refractivity contribution in [2.24, 2.45) is 0 Å². The van der Waals surface area contributed by atoms with Crippen LogP contribution in [0.25, 0.3) is 10.9 Å². The van der Waals surface area contributed by atoms with E-state index in [1.165, 1.54) is 23.9 Å². The van der Waals surface area contributed by atoms with E-state index in [0.29, 0.717) is 53.6 Å². The molecule has 1 heterocycles. The van der Waals surface area contributed by atoms with Crippen molar-refractivity contribution in [2.75, 3.05) is 13.2 Å². The maximum absolute atomic E-state index is 13.4. The number of para-hydroxylation sites is 1. The fraction of sp³-hybridized carbons (Fsp3) is 0.300. The van der Waals surface area contributed by atoms with Crippen molar-refractivity contribution in [3.63, 3.8) is 0 Å². The third kappa shape index (κ3) is 4.73. The van der Waals surface area contributed by atoms with Crippen LogP contribution in [-0.4, -0.2) is 22.8 Å². The van der Waals surface area contributed by atoms with Crippen molar-refractivity contribution in [1.82, 2.24) is 9.55 Å². The van der Waals surface area contributed by atoms with E-state index in [1.807, 2.05) is 19.1 Å². The second-order valence-electron chi connectivity index (χ2n) is 5.96. The molecule has 0 N–H and O–H groups in total. The van der Waals surface area contributed by atoms with Crippen molar-refractivity contribution in [3.05, 3.63) is 70.0 Å². The Kier molecular flexibility index (Phi) is 6.58. The number of thioether (sulfide) groups is 1. The Balaban J connectivity index is 1.88. The Labute approximate surface area is 160 Å². The molecular weight excluding hydrogens is 370 g/mol. The summed E-state index contributed by atoms with van der Waals surface area (Å²) in [6.45, 7) is 3.59. The summed E-state index contributed by atoms with van der Waals surface area (Å²) in [6, 6.07) is 11.0. The van der Waals surface area contributed by atoms with Crippen molar-refractivity contribution in [2.45, 2.75) is 30.8 Å². The van der Waals surface area contributed by atoms with Gasteiger partial charge in [-0.25, -0.2) is 13.8 Å². The number of ether oxygens (including phenoxy) is 1. The van der Waals surface area contributed by atoms with E-state index in [2.05, 4.69) is 4.98 Å². The largest absolute Gasteiger partial charge is 0.382 e. The van der Waals surface area contributed by atoms with Gasteiger partial charge in [0, 0.05) is 25.5 Å². The van der Waals surface area contributed by atoms with Gasteiger partial charge < -0.3 is 4.74 Å². The summed E-state index contributed by atoms with van der Waals surface area (Å²) in [6.07, 6.45) is 0.687. The van der Waals surface area contributed by atoms with Gasteiger partial charge in [0.1, 0.15) is 0 Å². The zero-order chi connectivity index (χ0) is 19.2. The molecule has 1 aromatic heterocycles. The van der Waals surface area contributed by atoms with Crippen molar-refractivity contribution >= 4 is 22.7 Å². The molecule has 7 heteroatoms. The Morgan fingerprint density at radius 1 is 1.15 bits per heavy atom. The molecule has 0 aliphatic carbocycles. The monoisotopic (exact) mass is 390 g/mol. The third-order valence-corrected chi connectivity index (χ3v) is 5.10. The van der Waals surface area contributed by atoms with Crippen LogP contribution in [0.2, 0.25) is 0 Å². The SMILES string of the molecule is CCOCCCn1c(SCc2ccc(F)c(F)c2)nc2ccccc2c1=O. The number of halogens is 2. The summed E-state index contributed by atoms with van der Waals surface area (Å²) in [5.74, 6) is -1.37. The van der Waals surface area contributed by atoms with Gasteiger partial charge in [0.05, 0.1) is 10.9 Å². The number of fused-ring (bicyclic) bond motifs is 1. The van der Waals surface area contributed by atoms with E-state index in [0.717, 1.165) is 6.07 Å². The lowest BCUT2D eigenvalue weighted by atomic mass is 10.2. The topological polar surface area (TPSA) is 44.1 Å². The molecule has 0 unspecified atom stereocenters. The molecule has 3 rings (SSSR count). The first kappa shape index (κ1) is 19.5. The first-order valence-corrected chi connectivity index (χ1v) is 9.72. The van der Waals surface area contributed by atoms with E-state index in [1.54, 1.807) is 16.7 Å². The first-order chi connectivity index (χ1) is 13.1. The number of hydrogen-bond donors (Lipinski definition) is 0. The molecule has 0 saturated heterocycles. The maximum Gasteiger partial charge on any atom is 0.262 e. The fourth-order valence-electron chi connectivity index (χ4n) is 2.70. The zero-order valence-corrected chi connectivity index (χ0v) is 15.8. The molecule has 0 radical (unpaired) electrons. The average molecular weight is 390 g/mol. The molecule has 0 atom stereocenters. The zero-order valence-electron chi connectivity index (χ0n) is 15.0. The molecule has 0 fully saturated rings. The van der Waals surface area contributed by atoms with Gasteiger partial charge in [0.15, 0.2) is 16.8 Å². The minimum absolute atomic E-state index is 0.107. The number of nitrogens with zero attached hydrogens (tertiary/aromatic N) is 2. The van der Waals surface area contributed by atoms with Crippen LogP contribution < -0.4 is 5.56 Å². The van der Waals surface area contributed by atoms with Crippen molar-refractivity contribution in [3.8, 4) is 0 Å². The van der Waals surface area contributed by atoms with E-state index < -0.39 is 11.6 Å². The highest BCUT2D eigenvalue weighted by molar-refractivity contribution is 7.98. The van der Waals surface area contributed by atoms with Crippen LogP contribution in [0, 0.1) is 11.6 Å². The predicted molar refractivity (Wildman–Crippen MR) is 103 cm³/mol. The standard InChI is InChI=1S/C20H20F2N2O2S/c1-2-26-11-5-10-24-19(25)15-6-3-4-7-18(15)23-20(24)27-13-14-8-9-16(21)17(22)12-14/h3-4,6-9,12H,2,5,10-11,13H2,1H3. The predicted octanol–water partition coefficient (Wildman–Crippen LogP) is 4.39. The summed E-state index contributed by atoms with van der Waals surface area (Å²) < 4.78 is 33.5. The van der Waals surface area contributed by atoms with Crippen LogP contribution in [0.4, 0.5) is 8.78 Å². The number of rotatable bonds is 8. The minimum atomic E-state index is -0.881. The Morgan fingerprint density at radius 2 is 1.96 bits per heavy atom. The maximum atomic E-state index is 13.4. The Hall–Kier alpha value is -2.25. The molecule has 27 heavy (non-hydrogen) atoms. The Bertz CT molecular complexity index is 991. The summed E-state index contributed by atoms with van der Waals surface area (Å²) in [7, 11) is 0. The van der Waals surface area contributed by atoms with Crippen LogP contribution in [0.3, 0.4) is 0 Å². The lowest BCUT2D eigenvalue weighted by Gasteiger charge is -2.13. The van der Waals surface area contributed by atoms with Gasteiger partial charge in [0.25, 0.3) is 5.56 Å². The molecule has 0 bridgehead atoms. The van der Waals surface area contributed by atoms with Gasteiger partial charge in [-0.05, 0) is 43.2 Å². The lowest BCUT2D eigenvalue weighted by molar-refractivity contribution is 0.140. The number of hydrogen-bond acceptors (Lipinski definition) is 4. The van der Waals surface area contributed by atoms with Crippen molar-refractivity contribution < 1.29 is 13.5 Å². The molecule has 0 aliphatic heterocycles. The summed E-state index contributed by atoms with van der Waals surface area (Å²) in [4.78, 5) is 17.5. The molecule has 0 amide bonds. The second kappa shape index (κ2) is 9.10. The van der Waals surface area contributed by atoms with E-state index in [9.17, 15) is 13.6 Å². The van der Waals surface area contributed by atoms with E-state index in [4.69, 9.17) is 4.74 Å². The third-order valence-electron chi connectivity index (χ3n) is 4.05. The van der Waals surface area contributed by atoms with Crippen LogP contribution in [0.5, 0.6) is 0 Å². The number of benzene rings is 2. The quantitative estimate of drug-likeness (QED) is 0.325. The van der Waals surface area contributed by atoms with Gasteiger partial charge in [0.2, 0.25) is 0 Å². The van der Waals surface area contributed by atoms with Crippen molar-refractivity contribution in [1.29, 1.82) is 0 Å². The highest BCUT2D eigenvalue weighted by atomic mass is 32.2. The molecular formula is C20H20F2N2O2S. The highest BCUT2D eigenvalue weighted by Gasteiger charge is 2.12. The molecule has 142 valence electrons. The average Bonchev–Trinajstić information content (AvgIpc) is 2.68. The fourth-order valence-corrected chi connectivity index (χ4v) is 3.67. The van der Waals surface area contributed by atoms with Crippen LogP contribution in [0.15, 0.2) is 52.4 Å². The normalized spacial score (nSPS) is 11.2. The van der Waals surface area contributed by atoms with Crippen LogP contribution >= 0.6 is 11.8 Å².